The molecule has 1 rings (SSSR count). The van der Waals surface area contributed by atoms with E-state index in [1.165, 1.54) is 37.7 Å². The van der Waals surface area contributed by atoms with Gasteiger partial charge >= 0.3 is 0 Å². The van der Waals surface area contributed by atoms with Crippen molar-refractivity contribution in [3.05, 3.63) is 35.4 Å². The van der Waals surface area contributed by atoms with E-state index in [2.05, 4.69) is 52.0 Å². The molecule has 0 fully saturated rings. The summed E-state index contributed by atoms with van der Waals surface area (Å²) in [7, 11) is 0. The van der Waals surface area contributed by atoms with Crippen molar-refractivity contribution in [3.63, 3.8) is 0 Å². The highest BCUT2D eigenvalue weighted by atomic mass is 14.2. The fourth-order valence-electron chi connectivity index (χ4n) is 2.54. The van der Waals surface area contributed by atoms with Gasteiger partial charge in [0, 0.05) is 0 Å². The first-order chi connectivity index (χ1) is 8.19. The lowest BCUT2D eigenvalue weighted by molar-refractivity contribution is 0.444. The zero-order chi connectivity index (χ0) is 12.7. The Morgan fingerprint density at radius 2 is 1.71 bits per heavy atom. The zero-order valence-electron chi connectivity index (χ0n) is 12.0. The minimum absolute atomic E-state index is 0.773. The molecule has 0 spiro atoms. The van der Waals surface area contributed by atoms with Gasteiger partial charge in [-0.2, -0.15) is 0 Å². The summed E-state index contributed by atoms with van der Waals surface area (Å²) in [6.45, 7) is 9.23. The highest BCUT2D eigenvalue weighted by molar-refractivity contribution is 5.29. The van der Waals surface area contributed by atoms with E-state index in [-0.39, 0.29) is 0 Å². The molecule has 0 bridgehead atoms. The Bertz CT molecular complexity index is 314. The molecule has 0 saturated carbocycles. The van der Waals surface area contributed by atoms with Crippen LogP contribution in [0.3, 0.4) is 0 Å². The van der Waals surface area contributed by atoms with Crippen LogP contribution in [0.2, 0.25) is 0 Å². The first-order valence-electron chi connectivity index (χ1n) is 7.24. The standard InChI is InChI=1S/C17H28/c1-5-9-16(13-12-14(3)6-2)17-11-8-7-10-15(17)4/h7-8,10-11,14,16H,5-6,9,12-13H2,1-4H3. The second-order valence-corrected chi connectivity index (χ2v) is 5.43. The number of aryl methyl sites for hydroxylation is 1. The number of hydrogen-bond acceptors (Lipinski definition) is 0. The quantitative estimate of drug-likeness (QED) is 0.565. The average molecular weight is 232 g/mol. The molecule has 0 heterocycles. The minimum Gasteiger partial charge on any atom is -0.0654 e. The normalized spacial score (nSPS) is 14.6. The van der Waals surface area contributed by atoms with Crippen LogP contribution in [0.4, 0.5) is 0 Å². The van der Waals surface area contributed by atoms with Crippen molar-refractivity contribution in [1.29, 1.82) is 0 Å². The van der Waals surface area contributed by atoms with Crippen LogP contribution in [0.25, 0.3) is 0 Å². The third-order valence-corrected chi connectivity index (χ3v) is 3.97. The maximum Gasteiger partial charge on any atom is -0.0159 e. The van der Waals surface area contributed by atoms with Gasteiger partial charge in [-0.3, -0.25) is 0 Å². The van der Waals surface area contributed by atoms with Crippen LogP contribution in [0, 0.1) is 12.8 Å². The van der Waals surface area contributed by atoms with Gasteiger partial charge in [-0.15, -0.1) is 0 Å². The summed E-state index contributed by atoms with van der Waals surface area (Å²) in [5.74, 6) is 1.65. The van der Waals surface area contributed by atoms with E-state index in [0.717, 1.165) is 11.8 Å². The molecule has 0 saturated heterocycles. The van der Waals surface area contributed by atoms with Crippen molar-refractivity contribution >= 4 is 0 Å². The van der Waals surface area contributed by atoms with E-state index in [9.17, 15) is 0 Å². The highest BCUT2D eigenvalue weighted by Crippen LogP contribution is 2.30. The lowest BCUT2D eigenvalue weighted by Gasteiger charge is -2.20. The fourth-order valence-corrected chi connectivity index (χ4v) is 2.54. The molecule has 0 N–H and O–H groups in total. The van der Waals surface area contributed by atoms with Gasteiger partial charge in [0.2, 0.25) is 0 Å². The van der Waals surface area contributed by atoms with Crippen LogP contribution in [-0.2, 0) is 0 Å². The Balaban J connectivity index is 2.68. The lowest BCUT2D eigenvalue weighted by atomic mass is 9.85. The molecule has 17 heavy (non-hydrogen) atoms. The largest absolute Gasteiger partial charge is 0.0654 e. The molecule has 0 amide bonds. The van der Waals surface area contributed by atoms with Crippen molar-refractivity contribution in [2.45, 2.75) is 65.7 Å². The third-order valence-electron chi connectivity index (χ3n) is 3.97. The average Bonchev–Trinajstić information content (AvgIpc) is 2.35. The summed E-state index contributed by atoms with van der Waals surface area (Å²) in [4.78, 5) is 0. The van der Waals surface area contributed by atoms with Crippen LogP contribution in [0.15, 0.2) is 24.3 Å². The molecule has 0 nitrogen and oxygen atoms in total. The topological polar surface area (TPSA) is 0 Å². The molecular weight excluding hydrogens is 204 g/mol. The van der Waals surface area contributed by atoms with Crippen molar-refractivity contribution in [3.8, 4) is 0 Å². The molecule has 96 valence electrons. The molecule has 1 aromatic carbocycles. The SMILES string of the molecule is CCCC(CCC(C)CC)c1ccccc1C. The molecular formula is C17H28. The van der Waals surface area contributed by atoms with E-state index in [4.69, 9.17) is 0 Å². The number of hydrogen-bond donors (Lipinski definition) is 0. The second kappa shape index (κ2) is 7.53. The molecule has 0 radical (unpaired) electrons. The lowest BCUT2D eigenvalue weighted by Crippen LogP contribution is -2.04. The monoisotopic (exact) mass is 232 g/mol. The minimum atomic E-state index is 0.773. The molecule has 0 heteroatoms. The van der Waals surface area contributed by atoms with Crippen LogP contribution in [0.5, 0.6) is 0 Å². The van der Waals surface area contributed by atoms with Crippen molar-refractivity contribution < 1.29 is 0 Å². The van der Waals surface area contributed by atoms with Gasteiger partial charge in [0.15, 0.2) is 0 Å². The first-order valence-corrected chi connectivity index (χ1v) is 7.24. The van der Waals surface area contributed by atoms with E-state index in [1.54, 1.807) is 5.56 Å². The van der Waals surface area contributed by atoms with E-state index in [0.29, 0.717) is 0 Å². The Labute approximate surface area is 107 Å². The molecule has 0 aliphatic heterocycles. The Kier molecular flexibility index (Phi) is 6.32. The maximum absolute atomic E-state index is 2.38. The Morgan fingerprint density at radius 3 is 2.29 bits per heavy atom. The van der Waals surface area contributed by atoms with E-state index >= 15 is 0 Å². The summed E-state index contributed by atoms with van der Waals surface area (Å²) in [5, 5.41) is 0. The summed E-state index contributed by atoms with van der Waals surface area (Å²) >= 11 is 0. The molecule has 0 aliphatic rings. The van der Waals surface area contributed by atoms with Crippen LogP contribution in [-0.4, -0.2) is 0 Å². The van der Waals surface area contributed by atoms with Crippen LogP contribution >= 0.6 is 0 Å². The van der Waals surface area contributed by atoms with Gasteiger partial charge in [-0.1, -0.05) is 64.3 Å². The molecule has 2 unspecified atom stereocenters. The van der Waals surface area contributed by atoms with Gasteiger partial charge in [0.1, 0.15) is 0 Å². The van der Waals surface area contributed by atoms with Gasteiger partial charge in [-0.25, -0.2) is 0 Å². The number of rotatable bonds is 7. The van der Waals surface area contributed by atoms with Gasteiger partial charge in [-0.05, 0) is 42.7 Å². The Hall–Kier alpha value is -0.780. The molecule has 0 aromatic heterocycles. The fraction of sp³-hybridized carbons (Fsp3) is 0.647. The summed E-state index contributed by atoms with van der Waals surface area (Å²) in [6.07, 6.45) is 6.66. The second-order valence-electron chi connectivity index (χ2n) is 5.43. The smallest absolute Gasteiger partial charge is 0.0159 e. The third kappa shape index (κ3) is 4.53. The van der Waals surface area contributed by atoms with Gasteiger partial charge in [0.25, 0.3) is 0 Å². The summed E-state index contributed by atoms with van der Waals surface area (Å²) < 4.78 is 0. The van der Waals surface area contributed by atoms with Crippen LogP contribution in [0.1, 0.15) is 69.9 Å². The predicted octanol–water partition coefficient (Wildman–Crippen LogP) is 5.71. The molecule has 1 aromatic rings. The first kappa shape index (κ1) is 14.3. The summed E-state index contributed by atoms with van der Waals surface area (Å²) in [6, 6.07) is 8.91. The Morgan fingerprint density at radius 1 is 1.00 bits per heavy atom. The van der Waals surface area contributed by atoms with E-state index < -0.39 is 0 Å². The molecule has 2 atom stereocenters. The van der Waals surface area contributed by atoms with Gasteiger partial charge < -0.3 is 0 Å². The zero-order valence-corrected chi connectivity index (χ0v) is 12.0. The predicted molar refractivity (Wildman–Crippen MR) is 77.5 cm³/mol. The van der Waals surface area contributed by atoms with E-state index in [1.807, 2.05) is 0 Å². The highest BCUT2D eigenvalue weighted by Gasteiger charge is 2.13. The van der Waals surface area contributed by atoms with Gasteiger partial charge in [0.05, 0.1) is 0 Å². The maximum atomic E-state index is 2.38. The van der Waals surface area contributed by atoms with Crippen LogP contribution < -0.4 is 0 Å². The summed E-state index contributed by atoms with van der Waals surface area (Å²) in [5.41, 5.74) is 3.05. The number of benzene rings is 1. The van der Waals surface area contributed by atoms with Crippen molar-refractivity contribution in [1.82, 2.24) is 0 Å². The van der Waals surface area contributed by atoms with Crippen molar-refractivity contribution in [2.24, 2.45) is 5.92 Å². The van der Waals surface area contributed by atoms with Crippen molar-refractivity contribution in [2.75, 3.05) is 0 Å². The molecule has 0 aliphatic carbocycles.